The number of halogens is 3. The van der Waals surface area contributed by atoms with Crippen molar-refractivity contribution in [1.82, 2.24) is 10.3 Å². The molecule has 2 atom stereocenters. The molecule has 1 aliphatic rings. The number of hydrogen-bond acceptors (Lipinski definition) is 6. The highest BCUT2D eigenvalue weighted by Crippen LogP contribution is 2.41. The van der Waals surface area contributed by atoms with E-state index in [1.54, 1.807) is 42.5 Å². The summed E-state index contributed by atoms with van der Waals surface area (Å²) >= 11 is 14.9. The highest BCUT2D eigenvalue weighted by Gasteiger charge is 2.48. The smallest absolute Gasteiger partial charge is 0.242 e. The van der Waals surface area contributed by atoms with Gasteiger partial charge < -0.3 is 10.1 Å². The SMILES string of the molecule is O=C1CC(c2ccsc2)(c2cccc(Oc3ccc(F)cc3Cl)n2)NC(=O)C1Sc1ccccc1Cl. The Morgan fingerprint density at radius 3 is 2.61 bits per heavy atom. The number of ketones is 1. The number of thioether (sulfide) groups is 1. The van der Waals surface area contributed by atoms with Gasteiger partial charge in [-0.15, -0.1) is 11.8 Å². The molecule has 0 saturated carbocycles. The number of amides is 1. The van der Waals surface area contributed by atoms with Crippen molar-refractivity contribution >= 4 is 58.0 Å². The number of benzene rings is 2. The summed E-state index contributed by atoms with van der Waals surface area (Å²) in [6.07, 6.45) is -0.00858. The van der Waals surface area contributed by atoms with Crippen LogP contribution >= 0.6 is 46.3 Å². The topological polar surface area (TPSA) is 68.3 Å². The summed E-state index contributed by atoms with van der Waals surface area (Å²) in [4.78, 5) is 32.0. The van der Waals surface area contributed by atoms with Gasteiger partial charge in [-0.3, -0.25) is 9.59 Å². The third-order valence-electron chi connectivity index (χ3n) is 5.67. The predicted molar refractivity (Wildman–Crippen MR) is 140 cm³/mol. The van der Waals surface area contributed by atoms with Crippen molar-refractivity contribution in [1.29, 1.82) is 0 Å². The molecule has 0 bridgehead atoms. The van der Waals surface area contributed by atoms with Crippen LogP contribution in [0.2, 0.25) is 10.0 Å². The summed E-state index contributed by atoms with van der Waals surface area (Å²) in [6, 6.07) is 17.8. The van der Waals surface area contributed by atoms with Gasteiger partial charge in [0, 0.05) is 17.4 Å². The van der Waals surface area contributed by atoms with E-state index in [-0.39, 0.29) is 28.9 Å². The second kappa shape index (κ2) is 10.2. The van der Waals surface area contributed by atoms with Gasteiger partial charge in [0.15, 0.2) is 5.78 Å². The quantitative estimate of drug-likeness (QED) is 0.261. The molecule has 3 heterocycles. The molecular formula is C26H17Cl2FN2O3S2. The maximum atomic E-state index is 13.4. The maximum Gasteiger partial charge on any atom is 0.242 e. The van der Waals surface area contributed by atoms with E-state index in [0.29, 0.717) is 15.6 Å². The Morgan fingerprint density at radius 2 is 1.89 bits per heavy atom. The molecule has 5 rings (SSSR count). The van der Waals surface area contributed by atoms with E-state index in [1.807, 2.05) is 16.8 Å². The molecule has 0 aliphatic carbocycles. The summed E-state index contributed by atoms with van der Waals surface area (Å²) in [7, 11) is 0. The van der Waals surface area contributed by atoms with E-state index in [9.17, 15) is 14.0 Å². The Balaban J connectivity index is 1.49. The standard InChI is InChI=1S/C26H17Cl2FN2O3S2/c27-17-4-1-2-5-21(17)36-24-19(32)13-26(31-25(24)33,15-10-11-35-14-15)22-6-3-7-23(30-22)34-20-9-8-16(29)12-18(20)28/h1-12,14,24H,13H2,(H,31,33). The van der Waals surface area contributed by atoms with Crippen molar-refractivity contribution in [3.63, 3.8) is 0 Å². The summed E-state index contributed by atoms with van der Waals surface area (Å²) in [5.74, 6) is -0.753. The maximum absolute atomic E-state index is 13.4. The molecule has 36 heavy (non-hydrogen) atoms. The number of aromatic nitrogens is 1. The van der Waals surface area contributed by atoms with Crippen LogP contribution < -0.4 is 10.1 Å². The van der Waals surface area contributed by atoms with Crippen LogP contribution in [-0.2, 0) is 15.1 Å². The third kappa shape index (κ3) is 4.86. The highest BCUT2D eigenvalue weighted by molar-refractivity contribution is 8.01. The first-order valence-electron chi connectivity index (χ1n) is 10.7. The molecule has 5 nitrogen and oxygen atoms in total. The highest BCUT2D eigenvalue weighted by atomic mass is 35.5. The van der Waals surface area contributed by atoms with Gasteiger partial charge in [-0.25, -0.2) is 9.37 Å². The molecule has 0 spiro atoms. The summed E-state index contributed by atoms with van der Waals surface area (Å²) in [5.41, 5.74) is -0.0168. The molecule has 2 aromatic heterocycles. The first-order chi connectivity index (χ1) is 17.4. The van der Waals surface area contributed by atoms with E-state index < -0.39 is 22.5 Å². The zero-order valence-corrected chi connectivity index (χ0v) is 21.6. The van der Waals surface area contributed by atoms with Crippen LogP contribution in [-0.4, -0.2) is 21.9 Å². The fourth-order valence-electron chi connectivity index (χ4n) is 3.97. The van der Waals surface area contributed by atoms with Gasteiger partial charge in [0.1, 0.15) is 22.4 Å². The normalized spacial score (nSPS) is 19.7. The van der Waals surface area contributed by atoms with E-state index in [4.69, 9.17) is 27.9 Å². The zero-order valence-electron chi connectivity index (χ0n) is 18.4. The predicted octanol–water partition coefficient (Wildman–Crippen LogP) is 6.87. The summed E-state index contributed by atoms with van der Waals surface area (Å²) < 4.78 is 19.2. The lowest BCUT2D eigenvalue weighted by molar-refractivity contribution is -0.133. The summed E-state index contributed by atoms with van der Waals surface area (Å²) in [6.45, 7) is 0. The lowest BCUT2D eigenvalue weighted by Gasteiger charge is -2.39. The minimum absolute atomic E-state index is 0.00858. The monoisotopic (exact) mass is 558 g/mol. The van der Waals surface area contributed by atoms with Crippen molar-refractivity contribution in [3.05, 3.63) is 105 Å². The minimum atomic E-state index is -1.18. The number of pyridine rings is 1. The Morgan fingerprint density at radius 1 is 1.06 bits per heavy atom. The number of hydrogen-bond donors (Lipinski definition) is 1. The Kier molecular flexibility index (Phi) is 7.03. The first-order valence-corrected chi connectivity index (χ1v) is 13.3. The van der Waals surface area contributed by atoms with Crippen LogP contribution in [0, 0.1) is 5.82 Å². The lowest BCUT2D eigenvalue weighted by Crippen LogP contribution is -2.58. The van der Waals surface area contributed by atoms with Crippen LogP contribution in [0.25, 0.3) is 0 Å². The van der Waals surface area contributed by atoms with E-state index in [1.165, 1.54) is 23.5 Å². The molecular weight excluding hydrogens is 542 g/mol. The number of nitrogens with one attached hydrogen (secondary N) is 1. The lowest BCUT2D eigenvalue weighted by atomic mass is 9.79. The van der Waals surface area contributed by atoms with Gasteiger partial charge in [0.05, 0.1) is 15.7 Å². The van der Waals surface area contributed by atoms with Gasteiger partial charge in [-0.05, 0) is 58.8 Å². The molecule has 10 heteroatoms. The fourth-order valence-corrected chi connectivity index (χ4v) is 6.15. The molecule has 0 radical (unpaired) electrons. The van der Waals surface area contributed by atoms with Crippen molar-refractivity contribution in [3.8, 4) is 11.6 Å². The molecule has 2 unspecified atom stereocenters. The Labute approximate surface area is 224 Å². The molecule has 182 valence electrons. The average molecular weight is 559 g/mol. The molecule has 1 aliphatic heterocycles. The largest absolute Gasteiger partial charge is 0.437 e. The van der Waals surface area contributed by atoms with Gasteiger partial charge in [0.2, 0.25) is 11.8 Å². The summed E-state index contributed by atoms with van der Waals surface area (Å²) in [5, 5.41) is 6.43. The third-order valence-corrected chi connectivity index (χ3v) is 8.41. The number of carbonyl (C=O) groups is 2. The van der Waals surface area contributed by atoms with Crippen LogP contribution in [0.4, 0.5) is 4.39 Å². The van der Waals surface area contributed by atoms with Crippen molar-refractivity contribution in [2.45, 2.75) is 22.1 Å². The Hall–Kier alpha value is -2.91. The van der Waals surface area contributed by atoms with Crippen molar-refractivity contribution in [2.24, 2.45) is 0 Å². The van der Waals surface area contributed by atoms with Crippen molar-refractivity contribution in [2.75, 3.05) is 0 Å². The fraction of sp³-hybridized carbons (Fsp3) is 0.115. The molecule has 1 saturated heterocycles. The zero-order chi connectivity index (χ0) is 25.3. The van der Waals surface area contributed by atoms with Gasteiger partial charge in [-0.2, -0.15) is 11.3 Å². The number of ether oxygens (including phenoxy) is 1. The average Bonchev–Trinajstić information content (AvgIpc) is 3.40. The van der Waals surface area contributed by atoms with E-state index >= 15 is 0 Å². The molecule has 1 fully saturated rings. The van der Waals surface area contributed by atoms with Crippen LogP contribution in [0.1, 0.15) is 17.7 Å². The minimum Gasteiger partial charge on any atom is -0.437 e. The molecule has 1 amide bonds. The van der Waals surface area contributed by atoms with Crippen LogP contribution in [0.15, 0.2) is 82.4 Å². The Bertz CT molecular complexity index is 1430. The number of carbonyl (C=O) groups excluding carboxylic acids is 2. The number of piperidine rings is 1. The molecule has 4 aromatic rings. The van der Waals surface area contributed by atoms with Gasteiger partial charge in [-0.1, -0.05) is 41.4 Å². The molecule has 1 N–H and O–H groups in total. The second-order valence-corrected chi connectivity index (χ2v) is 10.8. The first kappa shape index (κ1) is 24.8. The van der Waals surface area contributed by atoms with Crippen molar-refractivity contribution < 1.29 is 18.7 Å². The van der Waals surface area contributed by atoms with Crippen LogP contribution in [0.3, 0.4) is 0 Å². The van der Waals surface area contributed by atoms with Gasteiger partial charge >= 0.3 is 0 Å². The molecule has 2 aromatic carbocycles. The second-order valence-electron chi connectivity index (χ2n) is 8.02. The number of thiophene rings is 1. The van der Waals surface area contributed by atoms with E-state index in [2.05, 4.69) is 10.3 Å². The van der Waals surface area contributed by atoms with Crippen LogP contribution in [0.5, 0.6) is 11.6 Å². The number of nitrogens with zero attached hydrogens (tertiary/aromatic N) is 1. The number of rotatable bonds is 6. The van der Waals surface area contributed by atoms with E-state index in [0.717, 1.165) is 23.4 Å². The van der Waals surface area contributed by atoms with Gasteiger partial charge in [0.25, 0.3) is 0 Å². The number of Topliss-reactive ketones (excluding diaryl/α,β-unsaturated/α-hetero) is 1.